The summed E-state index contributed by atoms with van der Waals surface area (Å²) in [5, 5.41) is 12.7. The summed E-state index contributed by atoms with van der Waals surface area (Å²) in [5.74, 6) is 0.288. The second-order valence-electron chi connectivity index (χ2n) is 7.49. The molecule has 1 amide bonds. The Labute approximate surface area is 189 Å². The average molecular weight is 478 g/mol. The maximum Gasteiger partial charge on any atom is 0.238 e. The van der Waals surface area contributed by atoms with Crippen LogP contribution in [0.3, 0.4) is 0 Å². The number of anilines is 1. The number of nitrogens with two attached hydrogens (primary N) is 1. The maximum atomic E-state index is 12.9. The second kappa shape index (κ2) is 7.86. The molecule has 31 heavy (non-hydrogen) atoms. The molecular formula is C20H20ClN5O3S2. The number of aromatic amines is 1. The maximum absolute atomic E-state index is 12.9. The first kappa shape index (κ1) is 21.7. The van der Waals surface area contributed by atoms with Crippen LogP contribution in [0.25, 0.3) is 5.69 Å². The van der Waals surface area contributed by atoms with Gasteiger partial charge in [-0.3, -0.25) is 14.5 Å². The number of sulfonamides is 1. The SMILES string of the molecule is Cc1cc(N2CC(c3n[nH]c(=S)n3-c3ccccc3)CC2=O)c(Cl)c(C)c1S(N)(=O)=O. The summed E-state index contributed by atoms with van der Waals surface area (Å²) in [6, 6.07) is 11.1. The van der Waals surface area contributed by atoms with Gasteiger partial charge >= 0.3 is 0 Å². The van der Waals surface area contributed by atoms with Gasteiger partial charge in [0.05, 0.1) is 15.6 Å². The quantitative estimate of drug-likeness (QED) is 0.559. The summed E-state index contributed by atoms with van der Waals surface area (Å²) in [4.78, 5) is 14.5. The van der Waals surface area contributed by atoms with Crippen LogP contribution in [0.2, 0.25) is 5.02 Å². The summed E-state index contributed by atoms with van der Waals surface area (Å²) in [5.41, 5.74) is 2.06. The third kappa shape index (κ3) is 3.80. The lowest BCUT2D eigenvalue weighted by Gasteiger charge is -2.22. The summed E-state index contributed by atoms with van der Waals surface area (Å²) < 4.78 is 26.2. The van der Waals surface area contributed by atoms with E-state index < -0.39 is 10.0 Å². The Kier molecular flexibility index (Phi) is 5.50. The molecule has 2 heterocycles. The highest BCUT2D eigenvalue weighted by molar-refractivity contribution is 7.89. The molecule has 1 aliphatic heterocycles. The number of nitrogens with one attached hydrogen (secondary N) is 1. The molecule has 162 valence electrons. The summed E-state index contributed by atoms with van der Waals surface area (Å²) in [6.07, 6.45) is 0.220. The predicted octanol–water partition coefficient (Wildman–Crippen LogP) is 3.37. The second-order valence-corrected chi connectivity index (χ2v) is 9.75. The van der Waals surface area contributed by atoms with Gasteiger partial charge in [0.25, 0.3) is 0 Å². The molecule has 1 aromatic heterocycles. The Hall–Kier alpha value is -2.53. The van der Waals surface area contributed by atoms with Gasteiger partial charge < -0.3 is 4.90 Å². The fourth-order valence-electron chi connectivity index (χ4n) is 4.08. The van der Waals surface area contributed by atoms with Gasteiger partial charge in [0.2, 0.25) is 15.9 Å². The Bertz CT molecular complexity index is 1350. The van der Waals surface area contributed by atoms with E-state index in [-0.39, 0.29) is 28.2 Å². The topological polar surface area (TPSA) is 114 Å². The number of primary sulfonamides is 1. The van der Waals surface area contributed by atoms with Crippen molar-refractivity contribution in [2.75, 3.05) is 11.4 Å². The number of aromatic nitrogens is 3. The zero-order valence-electron chi connectivity index (χ0n) is 16.8. The van der Waals surface area contributed by atoms with Crippen LogP contribution in [0.4, 0.5) is 5.69 Å². The van der Waals surface area contributed by atoms with Crippen molar-refractivity contribution in [3.05, 3.63) is 63.1 Å². The zero-order valence-corrected chi connectivity index (χ0v) is 19.2. The highest BCUT2D eigenvalue weighted by atomic mass is 35.5. The van der Waals surface area contributed by atoms with Crippen LogP contribution in [0.1, 0.15) is 29.3 Å². The van der Waals surface area contributed by atoms with Gasteiger partial charge in [-0.25, -0.2) is 13.6 Å². The van der Waals surface area contributed by atoms with E-state index in [1.165, 1.54) is 0 Å². The van der Waals surface area contributed by atoms with E-state index in [9.17, 15) is 13.2 Å². The normalized spacial score (nSPS) is 16.8. The number of amides is 1. The molecule has 1 saturated heterocycles. The van der Waals surface area contributed by atoms with E-state index in [0.29, 0.717) is 34.0 Å². The lowest BCUT2D eigenvalue weighted by atomic mass is 10.1. The van der Waals surface area contributed by atoms with Gasteiger partial charge in [-0.05, 0) is 55.4 Å². The van der Waals surface area contributed by atoms with Crippen molar-refractivity contribution in [1.82, 2.24) is 14.8 Å². The molecule has 1 unspecified atom stereocenters. The molecule has 0 radical (unpaired) electrons. The van der Waals surface area contributed by atoms with Crippen molar-refractivity contribution in [3.8, 4) is 5.69 Å². The molecule has 0 aliphatic carbocycles. The van der Waals surface area contributed by atoms with E-state index in [1.54, 1.807) is 24.8 Å². The van der Waals surface area contributed by atoms with Crippen molar-refractivity contribution in [2.24, 2.45) is 5.14 Å². The summed E-state index contributed by atoms with van der Waals surface area (Å²) >= 11 is 11.9. The number of H-pyrrole nitrogens is 1. The predicted molar refractivity (Wildman–Crippen MR) is 121 cm³/mol. The van der Waals surface area contributed by atoms with Gasteiger partial charge in [-0.15, -0.1) is 0 Å². The number of aryl methyl sites for hydroxylation is 1. The zero-order chi connectivity index (χ0) is 22.5. The number of nitrogens with zero attached hydrogens (tertiary/aromatic N) is 3. The fourth-order valence-corrected chi connectivity index (χ4v) is 5.67. The molecule has 8 nitrogen and oxygen atoms in total. The molecule has 2 aromatic carbocycles. The third-order valence-electron chi connectivity index (χ3n) is 5.38. The van der Waals surface area contributed by atoms with Gasteiger partial charge in [-0.1, -0.05) is 29.8 Å². The van der Waals surface area contributed by atoms with Crippen molar-refractivity contribution in [1.29, 1.82) is 0 Å². The number of rotatable bonds is 4. The first-order chi connectivity index (χ1) is 14.6. The van der Waals surface area contributed by atoms with E-state index in [2.05, 4.69) is 10.2 Å². The van der Waals surface area contributed by atoms with E-state index >= 15 is 0 Å². The minimum absolute atomic E-state index is 0.0191. The van der Waals surface area contributed by atoms with Crippen molar-refractivity contribution < 1.29 is 13.2 Å². The summed E-state index contributed by atoms with van der Waals surface area (Å²) in [6.45, 7) is 3.54. The largest absolute Gasteiger partial charge is 0.310 e. The average Bonchev–Trinajstić information content (AvgIpc) is 3.27. The number of carbonyl (C=O) groups is 1. The van der Waals surface area contributed by atoms with Gasteiger partial charge in [-0.2, -0.15) is 5.10 Å². The molecular weight excluding hydrogens is 458 g/mol. The molecule has 3 N–H and O–H groups in total. The van der Waals surface area contributed by atoms with Crippen molar-refractivity contribution in [3.63, 3.8) is 0 Å². The minimum atomic E-state index is -3.94. The van der Waals surface area contributed by atoms with Crippen LogP contribution in [0, 0.1) is 18.6 Å². The third-order valence-corrected chi connectivity index (χ3v) is 7.33. The lowest BCUT2D eigenvalue weighted by molar-refractivity contribution is -0.117. The van der Waals surface area contributed by atoms with Gasteiger partial charge in [0.1, 0.15) is 5.82 Å². The van der Waals surface area contributed by atoms with Crippen LogP contribution in [-0.4, -0.2) is 35.6 Å². The smallest absolute Gasteiger partial charge is 0.238 e. The number of hydrogen-bond donors (Lipinski definition) is 2. The Morgan fingerprint density at radius 2 is 1.94 bits per heavy atom. The fraction of sp³-hybridized carbons (Fsp3) is 0.250. The first-order valence-corrected chi connectivity index (χ1v) is 11.8. The van der Waals surface area contributed by atoms with Crippen molar-refractivity contribution in [2.45, 2.75) is 31.1 Å². The molecule has 0 saturated carbocycles. The number of halogens is 1. The molecule has 1 fully saturated rings. The Balaban J connectivity index is 1.74. The standard InChI is InChI=1S/C20H20ClN5O3S2/c1-11-8-15(17(21)12(2)18(11)31(22,28)29)25-10-13(9-16(25)27)19-23-24-20(30)26(19)14-6-4-3-5-7-14/h3-8,13H,9-10H2,1-2H3,(H,24,30)(H2,22,28,29). The van der Waals surface area contributed by atoms with Crippen LogP contribution in [0.15, 0.2) is 41.3 Å². The number of para-hydroxylation sites is 1. The van der Waals surface area contributed by atoms with E-state index in [4.69, 9.17) is 29.0 Å². The molecule has 3 aromatic rings. The molecule has 11 heteroatoms. The van der Waals surface area contributed by atoms with E-state index in [0.717, 1.165) is 5.69 Å². The van der Waals surface area contributed by atoms with Gasteiger partial charge in [0, 0.05) is 24.6 Å². The molecule has 1 aliphatic rings. The molecule has 1 atom stereocenters. The summed E-state index contributed by atoms with van der Waals surface area (Å²) in [7, 11) is -3.94. The molecule has 0 spiro atoms. The number of benzene rings is 2. The minimum Gasteiger partial charge on any atom is -0.310 e. The molecule has 4 rings (SSSR count). The molecule has 0 bridgehead atoms. The van der Waals surface area contributed by atoms with Crippen molar-refractivity contribution >= 4 is 45.4 Å². The Morgan fingerprint density at radius 3 is 2.58 bits per heavy atom. The number of hydrogen-bond acceptors (Lipinski definition) is 5. The highest BCUT2D eigenvalue weighted by Gasteiger charge is 2.36. The Morgan fingerprint density at radius 1 is 1.26 bits per heavy atom. The van der Waals surface area contributed by atoms with Crippen LogP contribution in [0.5, 0.6) is 0 Å². The van der Waals surface area contributed by atoms with Crippen LogP contribution in [-0.2, 0) is 14.8 Å². The van der Waals surface area contributed by atoms with Crippen LogP contribution >= 0.6 is 23.8 Å². The lowest BCUT2D eigenvalue weighted by Crippen LogP contribution is -2.26. The van der Waals surface area contributed by atoms with Gasteiger partial charge in [0.15, 0.2) is 4.77 Å². The number of carbonyl (C=O) groups excluding carboxylic acids is 1. The monoisotopic (exact) mass is 477 g/mol. The first-order valence-electron chi connectivity index (χ1n) is 9.45. The van der Waals surface area contributed by atoms with Crippen LogP contribution < -0.4 is 10.0 Å². The van der Waals surface area contributed by atoms with E-state index in [1.807, 2.05) is 34.9 Å². The highest BCUT2D eigenvalue weighted by Crippen LogP contribution is 2.39.